The predicted molar refractivity (Wildman–Crippen MR) is 56.9 cm³/mol. The second kappa shape index (κ2) is 3.87. The summed E-state index contributed by atoms with van der Waals surface area (Å²) in [5, 5.41) is -0.150. The number of hydrogen-bond donors (Lipinski definition) is 0. The number of nitrogens with zero attached hydrogens (tertiary/aromatic N) is 1. The van der Waals surface area contributed by atoms with E-state index in [2.05, 4.69) is 0 Å². The van der Waals surface area contributed by atoms with Crippen LogP contribution in [0.25, 0.3) is 0 Å². The minimum atomic E-state index is -3.07. The van der Waals surface area contributed by atoms with Crippen LogP contribution in [-0.4, -0.2) is 36.8 Å². The molecule has 15 heavy (non-hydrogen) atoms. The van der Waals surface area contributed by atoms with Crippen LogP contribution in [-0.2, 0) is 14.8 Å². The first kappa shape index (κ1) is 11.1. The molecule has 2 aliphatic rings. The minimum Gasteiger partial charge on any atom is -0.300 e. The van der Waals surface area contributed by atoms with Crippen molar-refractivity contribution in [2.45, 2.75) is 37.9 Å². The van der Waals surface area contributed by atoms with E-state index in [0.717, 1.165) is 25.7 Å². The van der Waals surface area contributed by atoms with E-state index in [-0.39, 0.29) is 17.0 Å². The Bertz CT molecular complexity index is 359. The van der Waals surface area contributed by atoms with Gasteiger partial charge >= 0.3 is 0 Å². The molecule has 4 nitrogen and oxygen atoms in total. The average molecular weight is 231 g/mol. The number of ketones is 1. The maximum absolute atomic E-state index is 11.9. The van der Waals surface area contributed by atoms with E-state index in [0.29, 0.717) is 13.1 Å². The lowest BCUT2D eigenvalue weighted by Crippen LogP contribution is -2.43. The van der Waals surface area contributed by atoms with Gasteiger partial charge in [0.15, 0.2) is 0 Å². The number of sulfonamides is 1. The van der Waals surface area contributed by atoms with E-state index in [1.165, 1.54) is 4.31 Å². The summed E-state index contributed by atoms with van der Waals surface area (Å²) in [7, 11) is -3.07. The average Bonchev–Trinajstić information content (AvgIpc) is 3.01. The van der Waals surface area contributed by atoms with Crippen molar-refractivity contribution in [3.05, 3.63) is 0 Å². The monoisotopic (exact) mass is 231 g/mol. The zero-order chi connectivity index (χ0) is 11.1. The van der Waals surface area contributed by atoms with Crippen LogP contribution in [0.15, 0.2) is 0 Å². The van der Waals surface area contributed by atoms with Gasteiger partial charge < -0.3 is 0 Å². The Morgan fingerprint density at radius 1 is 1.27 bits per heavy atom. The van der Waals surface area contributed by atoms with Crippen molar-refractivity contribution in [3.63, 3.8) is 0 Å². The molecule has 1 unspecified atom stereocenters. The van der Waals surface area contributed by atoms with E-state index in [9.17, 15) is 13.2 Å². The summed E-state index contributed by atoms with van der Waals surface area (Å²) in [5.74, 6) is 0.0398. The van der Waals surface area contributed by atoms with Crippen LogP contribution in [0, 0.1) is 5.92 Å². The molecule has 1 aliphatic heterocycles. The summed E-state index contributed by atoms with van der Waals surface area (Å²) >= 11 is 0. The Hall–Kier alpha value is -0.420. The molecule has 0 aromatic carbocycles. The third-order valence-corrected chi connectivity index (χ3v) is 5.63. The molecule has 1 heterocycles. The topological polar surface area (TPSA) is 54.5 Å². The van der Waals surface area contributed by atoms with Gasteiger partial charge in [0, 0.05) is 19.0 Å². The minimum absolute atomic E-state index is 0.0766. The molecule has 1 atom stereocenters. The van der Waals surface area contributed by atoms with Crippen LogP contribution in [0.2, 0.25) is 0 Å². The predicted octanol–water partition coefficient (Wildman–Crippen LogP) is 0.780. The Kier molecular flexibility index (Phi) is 2.85. The molecule has 1 aliphatic carbocycles. The van der Waals surface area contributed by atoms with Gasteiger partial charge in [-0.25, -0.2) is 12.7 Å². The van der Waals surface area contributed by atoms with Crippen LogP contribution in [0.3, 0.4) is 0 Å². The van der Waals surface area contributed by atoms with Gasteiger partial charge in [-0.05, 0) is 32.6 Å². The van der Waals surface area contributed by atoms with E-state index < -0.39 is 10.0 Å². The molecule has 0 N–H and O–H groups in total. The van der Waals surface area contributed by atoms with Crippen molar-refractivity contribution >= 4 is 15.8 Å². The van der Waals surface area contributed by atoms with Gasteiger partial charge in [0.25, 0.3) is 0 Å². The second-order valence-electron chi connectivity index (χ2n) is 4.55. The molecule has 86 valence electrons. The zero-order valence-electron chi connectivity index (χ0n) is 8.98. The molecule has 0 aromatic heterocycles. The van der Waals surface area contributed by atoms with Crippen LogP contribution in [0.4, 0.5) is 0 Å². The Morgan fingerprint density at radius 2 is 1.93 bits per heavy atom. The maximum atomic E-state index is 11.9. The molecular weight excluding hydrogens is 214 g/mol. The van der Waals surface area contributed by atoms with Crippen molar-refractivity contribution in [2.75, 3.05) is 13.1 Å². The summed E-state index contributed by atoms with van der Waals surface area (Å²) in [6, 6.07) is 0. The summed E-state index contributed by atoms with van der Waals surface area (Å²) in [6.07, 6.45) is 3.25. The molecule has 1 saturated heterocycles. The molecule has 0 radical (unpaired) electrons. The van der Waals surface area contributed by atoms with Gasteiger partial charge in [-0.2, -0.15) is 0 Å². The number of carbonyl (C=O) groups excluding carboxylic acids is 1. The van der Waals surface area contributed by atoms with Crippen LogP contribution < -0.4 is 0 Å². The van der Waals surface area contributed by atoms with Crippen molar-refractivity contribution in [1.29, 1.82) is 0 Å². The number of carbonyl (C=O) groups is 1. The Labute approximate surface area is 90.7 Å². The first-order chi connectivity index (χ1) is 7.01. The molecule has 2 rings (SSSR count). The number of hydrogen-bond acceptors (Lipinski definition) is 3. The molecule has 0 bridgehead atoms. The van der Waals surface area contributed by atoms with E-state index in [1.54, 1.807) is 6.92 Å². The van der Waals surface area contributed by atoms with Crippen LogP contribution in [0.5, 0.6) is 0 Å². The fourth-order valence-corrected chi connectivity index (χ4v) is 4.01. The highest BCUT2D eigenvalue weighted by Crippen LogP contribution is 2.33. The van der Waals surface area contributed by atoms with Crippen molar-refractivity contribution < 1.29 is 13.2 Å². The third-order valence-electron chi connectivity index (χ3n) is 3.26. The fourth-order valence-electron chi connectivity index (χ4n) is 2.08. The lowest BCUT2D eigenvalue weighted by atomic mass is 9.96. The zero-order valence-corrected chi connectivity index (χ0v) is 9.79. The van der Waals surface area contributed by atoms with Crippen LogP contribution >= 0.6 is 0 Å². The van der Waals surface area contributed by atoms with Crippen LogP contribution in [0.1, 0.15) is 32.6 Å². The highest BCUT2D eigenvalue weighted by Gasteiger charge is 2.41. The molecule has 1 saturated carbocycles. The van der Waals surface area contributed by atoms with Gasteiger partial charge in [-0.1, -0.05) is 0 Å². The SMILES string of the molecule is CC(=O)C1CCCN(S(=O)(=O)C2CC2)C1. The lowest BCUT2D eigenvalue weighted by molar-refractivity contribution is -0.121. The largest absolute Gasteiger partial charge is 0.300 e. The molecule has 5 heteroatoms. The number of Topliss-reactive ketones (excluding diaryl/α,β-unsaturated/α-hetero) is 1. The number of piperidine rings is 1. The van der Waals surface area contributed by atoms with Gasteiger partial charge in [0.2, 0.25) is 10.0 Å². The highest BCUT2D eigenvalue weighted by molar-refractivity contribution is 7.90. The smallest absolute Gasteiger partial charge is 0.217 e. The van der Waals surface area contributed by atoms with E-state index >= 15 is 0 Å². The van der Waals surface area contributed by atoms with Crippen molar-refractivity contribution in [1.82, 2.24) is 4.31 Å². The van der Waals surface area contributed by atoms with Gasteiger partial charge in [-0.3, -0.25) is 4.79 Å². The molecule has 0 aromatic rings. The quantitative estimate of drug-likeness (QED) is 0.721. The number of rotatable bonds is 3. The molecule has 2 fully saturated rings. The van der Waals surface area contributed by atoms with Gasteiger partial charge in [0.1, 0.15) is 5.78 Å². The van der Waals surface area contributed by atoms with E-state index in [1.807, 2.05) is 0 Å². The van der Waals surface area contributed by atoms with E-state index in [4.69, 9.17) is 0 Å². The Balaban J connectivity index is 2.07. The van der Waals surface area contributed by atoms with Crippen molar-refractivity contribution in [3.8, 4) is 0 Å². The fraction of sp³-hybridized carbons (Fsp3) is 0.900. The first-order valence-corrected chi connectivity index (χ1v) is 7.01. The normalized spacial score (nSPS) is 29.0. The third kappa shape index (κ3) is 2.23. The summed E-state index contributed by atoms with van der Waals surface area (Å²) in [4.78, 5) is 11.2. The highest BCUT2D eigenvalue weighted by atomic mass is 32.2. The molecular formula is C10H17NO3S. The Morgan fingerprint density at radius 3 is 2.47 bits per heavy atom. The summed E-state index contributed by atoms with van der Waals surface area (Å²) in [5.41, 5.74) is 0. The van der Waals surface area contributed by atoms with Gasteiger partial charge in [0.05, 0.1) is 5.25 Å². The summed E-state index contributed by atoms with van der Waals surface area (Å²) in [6.45, 7) is 2.56. The molecule has 0 spiro atoms. The van der Waals surface area contributed by atoms with Crippen molar-refractivity contribution in [2.24, 2.45) is 5.92 Å². The summed E-state index contributed by atoms with van der Waals surface area (Å²) < 4.78 is 25.4. The standard InChI is InChI=1S/C10H17NO3S/c1-8(12)9-3-2-6-11(7-9)15(13,14)10-4-5-10/h9-10H,2-7H2,1H3. The molecule has 0 amide bonds. The van der Waals surface area contributed by atoms with Gasteiger partial charge in [-0.15, -0.1) is 0 Å². The maximum Gasteiger partial charge on any atom is 0.217 e. The first-order valence-electron chi connectivity index (χ1n) is 5.51. The second-order valence-corrected chi connectivity index (χ2v) is 6.77. The lowest BCUT2D eigenvalue weighted by Gasteiger charge is -2.30.